The topological polar surface area (TPSA) is 113 Å². The number of sulfone groups is 1. The third kappa shape index (κ3) is 4.08. The van der Waals surface area contributed by atoms with Gasteiger partial charge in [-0.05, 0) is 18.6 Å². The average molecular weight is 398 g/mol. The van der Waals surface area contributed by atoms with Crippen LogP contribution in [0.2, 0.25) is 0 Å². The molecule has 26 heavy (non-hydrogen) atoms. The van der Waals surface area contributed by atoms with Crippen molar-refractivity contribution in [2.75, 3.05) is 29.6 Å². The van der Waals surface area contributed by atoms with Gasteiger partial charge in [0.2, 0.25) is 0 Å². The second kappa shape index (κ2) is 7.37. The van der Waals surface area contributed by atoms with Crippen LogP contribution >= 0.6 is 11.8 Å². The Bertz CT molecular complexity index is 867. The number of amidine groups is 1. The van der Waals surface area contributed by atoms with Crippen molar-refractivity contribution in [1.82, 2.24) is 0 Å². The highest BCUT2D eigenvalue weighted by molar-refractivity contribution is 8.16. The fraction of sp³-hybridized carbons (Fsp3) is 0.438. The van der Waals surface area contributed by atoms with E-state index in [0.29, 0.717) is 5.17 Å². The molecule has 2 fully saturated rings. The zero-order chi connectivity index (χ0) is 18.9. The molecule has 0 radical (unpaired) electrons. The number of ether oxygens (including phenoxy) is 1. The highest BCUT2D eigenvalue weighted by Crippen LogP contribution is 2.41. The molecule has 2 saturated heterocycles. The number of amides is 1. The van der Waals surface area contributed by atoms with E-state index in [4.69, 9.17) is 9.84 Å². The fourth-order valence-electron chi connectivity index (χ4n) is 3.04. The van der Waals surface area contributed by atoms with Crippen molar-refractivity contribution in [3.8, 4) is 0 Å². The first-order chi connectivity index (χ1) is 12.3. The standard InChI is InChI=1S/C16H18N2O6S2/c1-10-4-2-3-5-11(10)18-12-8-26(22,23)9-13(12)25-16(18)17-14(19)6-24-7-15(20)21/h2-5,12-13H,6-9H2,1H3,(H,20,21)/t12-,13+/m1/s1. The Kier molecular flexibility index (Phi) is 5.35. The van der Waals surface area contributed by atoms with E-state index >= 15 is 0 Å². The second-order valence-electron chi connectivity index (χ2n) is 6.13. The van der Waals surface area contributed by atoms with Gasteiger partial charge in [-0.2, -0.15) is 4.99 Å². The summed E-state index contributed by atoms with van der Waals surface area (Å²) >= 11 is 1.27. The number of fused-ring (bicyclic) bond motifs is 1. The summed E-state index contributed by atoms with van der Waals surface area (Å²) in [6, 6.07) is 7.22. The monoisotopic (exact) mass is 398 g/mol. The number of aliphatic carboxylic acids is 1. The molecule has 0 aliphatic carbocycles. The first-order valence-corrected chi connectivity index (χ1v) is 10.6. The Morgan fingerprint density at radius 2 is 2.04 bits per heavy atom. The molecular weight excluding hydrogens is 380 g/mol. The Balaban J connectivity index is 1.87. The number of carbonyl (C=O) groups is 2. The van der Waals surface area contributed by atoms with Crippen LogP contribution in [0.4, 0.5) is 5.69 Å². The van der Waals surface area contributed by atoms with E-state index < -0.39 is 34.9 Å². The summed E-state index contributed by atoms with van der Waals surface area (Å²) in [6.45, 7) is 0.895. The van der Waals surface area contributed by atoms with Gasteiger partial charge in [0.25, 0.3) is 5.91 Å². The van der Waals surface area contributed by atoms with E-state index in [9.17, 15) is 18.0 Å². The number of benzene rings is 1. The zero-order valence-corrected chi connectivity index (χ0v) is 15.6. The number of hydrogen-bond acceptors (Lipinski definition) is 6. The Morgan fingerprint density at radius 3 is 2.73 bits per heavy atom. The van der Waals surface area contributed by atoms with Crippen molar-refractivity contribution in [3.05, 3.63) is 29.8 Å². The fourth-order valence-corrected chi connectivity index (χ4v) is 6.97. The lowest BCUT2D eigenvalue weighted by Gasteiger charge is -2.26. The van der Waals surface area contributed by atoms with E-state index in [1.165, 1.54) is 11.8 Å². The van der Waals surface area contributed by atoms with Crippen LogP contribution in [-0.4, -0.2) is 66.6 Å². The van der Waals surface area contributed by atoms with Crippen LogP contribution in [0.25, 0.3) is 0 Å². The molecule has 1 aromatic rings. The summed E-state index contributed by atoms with van der Waals surface area (Å²) in [5.74, 6) is -1.70. The minimum atomic E-state index is -3.13. The van der Waals surface area contributed by atoms with Crippen LogP contribution in [0.15, 0.2) is 29.3 Å². The Labute approximate surface area is 155 Å². The maximum Gasteiger partial charge on any atom is 0.329 e. The molecule has 0 aromatic heterocycles. The molecule has 3 rings (SSSR count). The molecule has 1 amide bonds. The molecule has 1 aromatic carbocycles. The van der Waals surface area contributed by atoms with Crippen LogP contribution in [-0.2, 0) is 24.2 Å². The van der Waals surface area contributed by atoms with Crippen LogP contribution in [0.1, 0.15) is 5.56 Å². The summed E-state index contributed by atoms with van der Waals surface area (Å²) in [5, 5.41) is 8.78. The highest BCUT2D eigenvalue weighted by atomic mass is 32.2. The number of nitrogens with zero attached hydrogens (tertiary/aromatic N) is 2. The number of carboxylic acid groups (broad SMARTS) is 1. The van der Waals surface area contributed by atoms with Gasteiger partial charge in [-0.3, -0.25) is 4.79 Å². The molecular formula is C16H18N2O6S2. The van der Waals surface area contributed by atoms with Gasteiger partial charge in [0.1, 0.15) is 13.2 Å². The normalized spacial score (nSPS) is 25.4. The molecule has 0 spiro atoms. The van der Waals surface area contributed by atoms with Crippen molar-refractivity contribution in [2.24, 2.45) is 4.99 Å². The summed E-state index contributed by atoms with van der Waals surface area (Å²) in [4.78, 5) is 28.3. The number of rotatable bonds is 5. The van der Waals surface area contributed by atoms with E-state index in [1.54, 1.807) is 0 Å². The van der Waals surface area contributed by atoms with Gasteiger partial charge in [-0.25, -0.2) is 13.2 Å². The molecule has 0 unspecified atom stereocenters. The van der Waals surface area contributed by atoms with Crippen molar-refractivity contribution in [3.63, 3.8) is 0 Å². The molecule has 2 aliphatic rings. The van der Waals surface area contributed by atoms with Crippen LogP contribution in [0.5, 0.6) is 0 Å². The SMILES string of the molecule is Cc1ccccc1N1C(=NC(=O)COCC(=O)O)S[C@H]2CS(=O)(=O)C[C@H]21. The molecule has 1 N–H and O–H groups in total. The summed E-state index contributed by atoms with van der Waals surface area (Å²) in [7, 11) is -3.13. The van der Waals surface area contributed by atoms with Crippen LogP contribution in [0.3, 0.4) is 0 Å². The quantitative estimate of drug-likeness (QED) is 0.771. The van der Waals surface area contributed by atoms with Crippen molar-refractivity contribution in [1.29, 1.82) is 0 Å². The molecule has 0 saturated carbocycles. The number of hydrogen-bond donors (Lipinski definition) is 1. The lowest BCUT2D eigenvalue weighted by Crippen LogP contribution is -2.38. The minimum absolute atomic E-state index is 0.0156. The maximum atomic E-state index is 12.0. The number of thioether (sulfide) groups is 1. The maximum absolute atomic E-state index is 12.0. The van der Waals surface area contributed by atoms with Crippen molar-refractivity contribution >= 4 is 44.3 Å². The smallest absolute Gasteiger partial charge is 0.329 e. The van der Waals surface area contributed by atoms with Crippen molar-refractivity contribution in [2.45, 2.75) is 18.2 Å². The zero-order valence-electron chi connectivity index (χ0n) is 14.0. The van der Waals surface area contributed by atoms with E-state index in [2.05, 4.69) is 4.99 Å². The van der Waals surface area contributed by atoms with Gasteiger partial charge in [0.05, 0.1) is 17.5 Å². The van der Waals surface area contributed by atoms with Gasteiger partial charge in [0, 0.05) is 10.9 Å². The van der Waals surface area contributed by atoms with E-state index in [0.717, 1.165) is 11.3 Å². The van der Waals surface area contributed by atoms with Gasteiger partial charge in [0.15, 0.2) is 15.0 Å². The third-order valence-corrected chi connectivity index (χ3v) is 7.32. The molecule has 10 heteroatoms. The van der Waals surface area contributed by atoms with Gasteiger partial charge >= 0.3 is 5.97 Å². The number of carbonyl (C=O) groups excluding carboxylic acids is 1. The lowest BCUT2D eigenvalue weighted by molar-refractivity contribution is -0.143. The molecule has 2 aliphatic heterocycles. The molecule has 2 atom stereocenters. The first kappa shape index (κ1) is 18.9. The summed E-state index contributed by atoms with van der Waals surface area (Å²) in [5.41, 5.74) is 1.75. The van der Waals surface area contributed by atoms with Gasteiger partial charge < -0.3 is 14.7 Å². The summed E-state index contributed by atoms with van der Waals surface area (Å²) in [6.07, 6.45) is 0. The lowest BCUT2D eigenvalue weighted by atomic mass is 10.1. The van der Waals surface area contributed by atoms with E-state index in [-0.39, 0.29) is 22.8 Å². The number of para-hydroxylation sites is 1. The predicted molar refractivity (Wildman–Crippen MR) is 98.4 cm³/mol. The highest BCUT2D eigenvalue weighted by Gasteiger charge is 2.49. The largest absolute Gasteiger partial charge is 0.480 e. The van der Waals surface area contributed by atoms with E-state index in [1.807, 2.05) is 36.1 Å². The summed E-state index contributed by atoms with van der Waals surface area (Å²) < 4.78 is 28.8. The van der Waals surface area contributed by atoms with Gasteiger partial charge in [-0.1, -0.05) is 30.0 Å². The van der Waals surface area contributed by atoms with Gasteiger partial charge in [-0.15, -0.1) is 0 Å². The van der Waals surface area contributed by atoms with Crippen molar-refractivity contribution < 1.29 is 27.9 Å². The minimum Gasteiger partial charge on any atom is -0.480 e. The number of aryl methyl sites for hydroxylation is 1. The third-order valence-electron chi connectivity index (χ3n) is 4.11. The molecule has 2 heterocycles. The van der Waals surface area contributed by atoms with Crippen LogP contribution in [0, 0.1) is 6.92 Å². The predicted octanol–water partition coefficient (Wildman–Crippen LogP) is 0.698. The second-order valence-corrected chi connectivity index (χ2v) is 9.49. The Hall–Kier alpha value is -1.91. The number of aliphatic imine (C=N–C) groups is 1. The molecule has 140 valence electrons. The number of carboxylic acids is 1. The van der Waals surface area contributed by atoms with Crippen LogP contribution < -0.4 is 4.90 Å². The first-order valence-electron chi connectivity index (χ1n) is 7.90. The molecule has 8 nitrogen and oxygen atoms in total. The Morgan fingerprint density at radius 1 is 1.31 bits per heavy atom. The molecule has 0 bridgehead atoms. The number of anilines is 1. The average Bonchev–Trinajstić information content (AvgIpc) is 2.98.